The highest BCUT2D eigenvalue weighted by molar-refractivity contribution is 7.90. The second-order valence-electron chi connectivity index (χ2n) is 5.93. The fraction of sp³-hybridized carbons (Fsp3) is 0.923. The third kappa shape index (κ3) is 2.84. The van der Waals surface area contributed by atoms with Crippen LogP contribution in [0.15, 0.2) is 0 Å². The van der Waals surface area contributed by atoms with Gasteiger partial charge in [-0.2, -0.15) is 0 Å². The lowest BCUT2D eigenvalue weighted by Crippen LogP contribution is -2.54. The predicted octanol–water partition coefficient (Wildman–Crippen LogP) is 0.815. The van der Waals surface area contributed by atoms with Gasteiger partial charge in [-0.05, 0) is 33.1 Å². The fourth-order valence-corrected chi connectivity index (χ4v) is 5.31. The van der Waals surface area contributed by atoms with Crippen molar-refractivity contribution in [1.82, 2.24) is 4.72 Å². The van der Waals surface area contributed by atoms with Gasteiger partial charge in [0.25, 0.3) is 0 Å². The first-order chi connectivity index (χ1) is 9.30. The summed E-state index contributed by atoms with van der Waals surface area (Å²) in [6.45, 7) is 4.26. The summed E-state index contributed by atoms with van der Waals surface area (Å²) in [6.07, 6.45) is 2.27. The van der Waals surface area contributed by atoms with Crippen LogP contribution in [-0.4, -0.2) is 45.0 Å². The number of methoxy groups -OCH3 is 1. The Bertz CT molecular complexity index is 477. The van der Waals surface area contributed by atoms with Crippen molar-refractivity contribution in [2.24, 2.45) is 5.92 Å². The topological polar surface area (TPSA) is 81.7 Å². The van der Waals surface area contributed by atoms with Crippen molar-refractivity contribution in [2.75, 3.05) is 13.7 Å². The molecule has 1 saturated heterocycles. The zero-order valence-corrected chi connectivity index (χ0v) is 13.0. The summed E-state index contributed by atoms with van der Waals surface area (Å²) in [5.41, 5.74) is -0.595. The Morgan fingerprint density at radius 3 is 2.65 bits per heavy atom. The summed E-state index contributed by atoms with van der Waals surface area (Å²) in [4.78, 5) is 11.7. The van der Waals surface area contributed by atoms with Gasteiger partial charge in [-0.15, -0.1) is 0 Å². The first-order valence-electron chi connectivity index (χ1n) is 7.02. The van der Waals surface area contributed by atoms with Gasteiger partial charge in [0.1, 0.15) is 0 Å². The Morgan fingerprint density at radius 2 is 2.10 bits per heavy atom. The molecule has 0 amide bonds. The van der Waals surface area contributed by atoms with Crippen LogP contribution in [-0.2, 0) is 24.3 Å². The van der Waals surface area contributed by atoms with Gasteiger partial charge in [-0.25, -0.2) is 13.1 Å². The largest absolute Gasteiger partial charge is 0.469 e. The molecular formula is C13H23NO5S. The zero-order chi connectivity index (χ0) is 15.0. The van der Waals surface area contributed by atoms with Gasteiger partial charge >= 0.3 is 5.97 Å². The molecule has 2 aliphatic rings. The molecule has 116 valence electrons. The highest BCUT2D eigenvalue weighted by Crippen LogP contribution is 2.34. The Kier molecular flexibility index (Phi) is 4.41. The van der Waals surface area contributed by atoms with E-state index >= 15 is 0 Å². The Morgan fingerprint density at radius 1 is 1.40 bits per heavy atom. The third-order valence-electron chi connectivity index (χ3n) is 4.62. The average molecular weight is 305 g/mol. The van der Waals surface area contributed by atoms with E-state index in [1.165, 1.54) is 7.11 Å². The molecule has 1 heterocycles. The summed E-state index contributed by atoms with van der Waals surface area (Å²) in [5.74, 6) is -0.988. The summed E-state index contributed by atoms with van der Waals surface area (Å²) in [5, 5.41) is -0.695. The van der Waals surface area contributed by atoms with E-state index in [4.69, 9.17) is 9.47 Å². The number of rotatable bonds is 4. The van der Waals surface area contributed by atoms with Crippen molar-refractivity contribution in [3.05, 3.63) is 0 Å². The van der Waals surface area contributed by atoms with Crippen LogP contribution < -0.4 is 4.72 Å². The molecule has 20 heavy (non-hydrogen) atoms. The lowest BCUT2D eigenvalue weighted by molar-refractivity contribution is -0.145. The van der Waals surface area contributed by atoms with Crippen molar-refractivity contribution in [1.29, 1.82) is 0 Å². The molecular weight excluding hydrogens is 282 g/mol. The van der Waals surface area contributed by atoms with Crippen LogP contribution in [0, 0.1) is 5.92 Å². The number of carbonyl (C=O) groups excluding carboxylic acids is 1. The monoisotopic (exact) mass is 305 g/mol. The minimum Gasteiger partial charge on any atom is -0.469 e. The van der Waals surface area contributed by atoms with Crippen molar-refractivity contribution >= 4 is 16.0 Å². The van der Waals surface area contributed by atoms with Crippen LogP contribution in [0.4, 0.5) is 0 Å². The molecule has 1 aliphatic heterocycles. The van der Waals surface area contributed by atoms with Crippen LogP contribution in [0.1, 0.15) is 39.5 Å². The van der Waals surface area contributed by atoms with Crippen molar-refractivity contribution < 1.29 is 22.7 Å². The maximum Gasteiger partial charge on any atom is 0.310 e. The standard InChI is InChI=1S/C13H23NO5S/c1-9-13(2,7-8-19-9)14-20(16,17)11-6-4-5-10(11)12(15)18-3/h9-11,14H,4-8H2,1-3H3. The molecule has 0 bridgehead atoms. The number of esters is 1. The summed E-state index contributed by atoms with van der Waals surface area (Å²) in [6, 6.07) is 0. The van der Waals surface area contributed by atoms with Gasteiger partial charge < -0.3 is 9.47 Å². The van der Waals surface area contributed by atoms with Crippen LogP contribution >= 0.6 is 0 Å². The predicted molar refractivity (Wildman–Crippen MR) is 73.6 cm³/mol. The summed E-state index contributed by atoms with van der Waals surface area (Å²) < 4.78 is 38.1. The van der Waals surface area contributed by atoms with E-state index < -0.39 is 32.7 Å². The number of carbonyl (C=O) groups is 1. The average Bonchev–Trinajstić information content (AvgIpc) is 2.97. The van der Waals surface area contributed by atoms with Crippen molar-refractivity contribution in [3.8, 4) is 0 Å². The Labute approximate surface area is 120 Å². The zero-order valence-electron chi connectivity index (χ0n) is 12.2. The van der Waals surface area contributed by atoms with Gasteiger partial charge in [0.05, 0.1) is 29.9 Å². The van der Waals surface area contributed by atoms with E-state index in [-0.39, 0.29) is 6.10 Å². The van der Waals surface area contributed by atoms with E-state index in [0.29, 0.717) is 25.9 Å². The van der Waals surface area contributed by atoms with Gasteiger partial charge in [-0.1, -0.05) is 6.42 Å². The molecule has 1 N–H and O–H groups in total. The number of sulfonamides is 1. The maximum atomic E-state index is 12.6. The molecule has 7 heteroatoms. The van der Waals surface area contributed by atoms with E-state index in [1.807, 2.05) is 13.8 Å². The number of nitrogens with one attached hydrogen (secondary N) is 1. The van der Waals surface area contributed by atoms with E-state index in [1.54, 1.807) is 0 Å². The lowest BCUT2D eigenvalue weighted by atomic mass is 9.97. The highest BCUT2D eigenvalue weighted by Gasteiger charge is 2.47. The van der Waals surface area contributed by atoms with Crippen molar-refractivity contribution in [2.45, 2.75) is 56.4 Å². The summed E-state index contributed by atoms with van der Waals surface area (Å²) >= 11 is 0. The molecule has 1 saturated carbocycles. The molecule has 4 atom stereocenters. The molecule has 0 spiro atoms. The Balaban J connectivity index is 2.16. The number of ether oxygens (including phenoxy) is 2. The second-order valence-corrected chi connectivity index (χ2v) is 7.83. The minimum atomic E-state index is -3.57. The van der Waals surface area contributed by atoms with Crippen molar-refractivity contribution in [3.63, 3.8) is 0 Å². The first kappa shape index (κ1) is 15.7. The molecule has 0 aromatic rings. The highest BCUT2D eigenvalue weighted by atomic mass is 32.2. The van der Waals surface area contributed by atoms with Gasteiger partial charge in [0.15, 0.2) is 0 Å². The molecule has 2 rings (SSSR count). The van der Waals surface area contributed by atoms with Crippen LogP contribution in [0.5, 0.6) is 0 Å². The molecule has 6 nitrogen and oxygen atoms in total. The van der Waals surface area contributed by atoms with Gasteiger partial charge in [-0.3, -0.25) is 4.79 Å². The maximum absolute atomic E-state index is 12.6. The smallest absolute Gasteiger partial charge is 0.310 e. The molecule has 0 radical (unpaired) electrons. The number of hydrogen-bond donors (Lipinski definition) is 1. The fourth-order valence-electron chi connectivity index (χ4n) is 3.09. The SMILES string of the molecule is COC(=O)C1CCCC1S(=O)(=O)NC1(C)CCOC1C. The molecule has 2 fully saturated rings. The quantitative estimate of drug-likeness (QED) is 0.778. The molecule has 1 aliphatic carbocycles. The van der Waals surface area contributed by atoms with Crippen LogP contribution in [0.3, 0.4) is 0 Å². The minimum absolute atomic E-state index is 0.171. The van der Waals surface area contributed by atoms with Crippen LogP contribution in [0.25, 0.3) is 0 Å². The molecule has 0 aromatic heterocycles. The normalized spacial score (nSPS) is 38.0. The number of hydrogen-bond acceptors (Lipinski definition) is 5. The first-order valence-corrected chi connectivity index (χ1v) is 8.57. The lowest BCUT2D eigenvalue weighted by Gasteiger charge is -2.31. The van der Waals surface area contributed by atoms with E-state index in [0.717, 1.165) is 6.42 Å². The molecule has 4 unspecified atom stereocenters. The van der Waals surface area contributed by atoms with Gasteiger partial charge in [0.2, 0.25) is 10.0 Å². The third-order valence-corrected chi connectivity index (χ3v) is 6.73. The summed E-state index contributed by atoms with van der Waals surface area (Å²) in [7, 11) is -2.27. The van der Waals surface area contributed by atoms with Crippen LogP contribution in [0.2, 0.25) is 0 Å². The van der Waals surface area contributed by atoms with E-state index in [2.05, 4.69) is 4.72 Å². The Hall–Kier alpha value is -0.660. The second kappa shape index (κ2) is 5.61. The van der Waals surface area contributed by atoms with Gasteiger partial charge in [0, 0.05) is 6.61 Å². The van der Waals surface area contributed by atoms with E-state index in [9.17, 15) is 13.2 Å². The molecule has 0 aromatic carbocycles.